The van der Waals surface area contributed by atoms with Crippen molar-refractivity contribution in [1.82, 2.24) is 0 Å². The Kier molecular flexibility index (Phi) is 13.8. The zero-order valence-corrected chi connectivity index (χ0v) is 38.7. The topological polar surface area (TPSA) is 92.3 Å². The molecule has 0 bridgehead atoms. The van der Waals surface area contributed by atoms with Crippen LogP contribution in [0.1, 0.15) is 99.5 Å². The third-order valence-electron chi connectivity index (χ3n) is 11.8. The Morgan fingerprint density at radius 3 is 2.06 bits per heavy atom. The summed E-state index contributed by atoms with van der Waals surface area (Å²) in [5, 5.41) is -0.0526. The molecule has 0 saturated carbocycles. The molecule has 4 rings (SSSR count). The quantitative estimate of drug-likeness (QED) is 0.127. The van der Waals surface area contributed by atoms with Crippen molar-refractivity contribution >= 4 is 39.7 Å². The van der Waals surface area contributed by atoms with E-state index in [1.807, 2.05) is 19.0 Å². The SMILES string of the molecule is COCOc1c(Br)c([C@@H]2OB(C)O[C@](C)([C@H](O[Si](C(C)C)(C(C)C)C(C)C)c3cc(OC)c(OC)c(O[Si](C)(C)C(C)(C)C)c3)[C@H]2C)cc2c1OCO2. The number of fused-ring (bicyclic) bond motifs is 1. The first-order chi connectivity index (χ1) is 24.6. The summed E-state index contributed by atoms with van der Waals surface area (Å²) in [6, 6.07) is 6.10. The molecule has 0 N–H and O–H groups in total. The van der Waals surface area contributed by atoms with Gasteiger partial charge in [-0.05, 0) is 88.2 Å². The lowest BCUT2D eigenvalue weighted by Crippen LogP contribution is -2.58. The van der Waals surface area contributed by atoms with E-state index in [9.17, 15) is 0 Å². The number of rotatable bonds is 15. The van der Waals surface area contributed by atoms with Crippen LogP contribution in [-0.2, 0) is 18.5 Å². The van der Waals surface area contributed by atoms with Crippen LogP contribution >= 0.6 is 15.9 Å². The van der Waals surface area contributed by atoms with Gasteiger partial charge >= 0.3 is 7.12 Å². The molecule has 2 aromatic rings. The Morgan fingerprint density at radius 2 is 1.53 bits per heavy atom. The van der Waals surface area contributed by atoms with Crippen LogP contribution < -0.4 is 28.1 Å². The van der Waals surface area contributed by atoms with Crippen LogP contribution in [0.15, 0.2) is 22.7 Å². The summed E-state index contributed by atoms with van der Waals surface area (Å²) in [5.41, 5.74) is 1.75. The fourth-order valence-corrected chi connectivity index (χ4v) is 15.2. The van der Waals surface area contributed by atoms with Gasteiger partial charge in [0.15, 0.2) is 29.8 Å². The van der Waals surface area contributed by atoms with Crippen molar-refractivity contribution in [2.75, 3.05) is 34.9 Å². The maximum Gasteiger partial charge on any atom is 0.454 e. The summed E-state index contributed by atoms with van der Waals surface area (Å²) < 4.78 is 64.4. The van der Waals surface area contributed by atoms with E-state index in [2.05, 4.69) is 111 Å². The third kappa shape index (κ3) is 8.30. The van der Waals surface area contributed by atoms with E-state index >= 15 is 0 Å². The molecule has 0 spiro atoms. The minimum Gasteiger partial charge on any atom is -0.541 e. The minimum atomic E-state index is -2.55. The van der Waals surface area contributed by atoms with Gasteiger partial charge in [-0.15, -0.1) is 0 Å². The van der Waals surface area contributed by atoms with Crippen molar-refractivity contribution in [2.24, 2.45) is 5.92 Å². The van der Waals surface area contributed by atoms with Crippen LogP contribution in [0.5, 0.6) is 34.5 Å². The van der Waals surface area contributed by atoms with Gasteiger partial charge in [-0.25, -0.2) is 0 Å². The average molecular weight is 840 g/mol. The molecule has 14 heteroatoms. The smallest absolute Gasteiger partial charge is 0.454 e. The molecule has 0 amide bonds. The van der Waals surface area contributed by atoms with Gasteiger partial charge in [0.05, 0.1) is 36.5 Å². The van der Waals surface area contributed by atoms with Gasteiger partial charge in [0, 0.05) is 18.6 Å². The van der Waals surface area contributed by atoms with E-state index in [4.69, 9.17) is 46.6 Å². The molecule has 0 unspecified atom stereocenters. The second-order valence-corrected chi connectivity index (χ2v) is 28.0. The van der Waals surface area contributed by atoms with E-state index in [1.165, 1.54) is 0 Å². The average Bonchev–Trinajstić information content (AvgIpc) is 3.53. The van der Waals surface area contributed by atoms with Crippen molar-refractivity contribution < 1.29 is 46.6 Å². The first kappa shape index (κ1) is 43.8. The fourth-order valence-electron chi connectivity index (χ4n) is 7.96. The van der Waals surface area contributed by atoms with Crippen LogP contribution in [0.3, 0.4) is 0 Å². The van der Waals surface area contributed by atoms with Crippen molar-refractivity contribution in [3.05, 3.63) is 33.8 Å². The lowest BCUT2D eigenvalue weighted by molar-refractivity contribution is -0.151. The fraction of sp³-hybridized carbons (Fsp3) is 0.692. The number of benzene rings is 2. The van der Waals surface area contributed by atoms with Crippen LogP contribution in [-0.4, -0.2) is 64.3 Å². The van der Waals surface area contributed by atoms with Crippen LogP contribution in [0.2, 0.25) is 41.6 Å². The molecular formula is C39H64BBrO10Si2. The molecule has 298 valence electrons. The number of methoxy groups -OCH3 is 3. The highest BCUT2D eigenvalue weighted by Crippen LogP contribution is 2.58. The number of hydrogen-bond acceptors (Lipinski definition) is 10. The molecule has 10 nitrogen and oxygen atoms in total. The second kappa shape index (κ2) is 16.7. The molecule has 2 heterocycles. The van der Waals surface area contributed by atoms with Crippen molar-refractivity contribution in [3.8, 4) is 34.5 Å². The van der Waals surface area contributed by atoms with E-state index in [0.29, 0.717) is 55.6 Å². The molecule has 0 aliphatic carbocycles. The van der Waals surface area contributed by atoms with Gasteiger partial charge in [0.25, 0.3) is 8.32 Å². The van der Waals surface area contributed by atoms with Crippen molar-refractivity contribution in [1.29, 1.82) is 0 Å². The maximum absolute atomic E-state index is 7.88. The monoisotopic (exact) mass is 838 g/mol. The van der Waals surface area contributed by atoms with Gasteiger partial charge in [-0.2, -0.15) is 0 Å². The Bertz CT molecular complexity index is 1560. The highest BCUT2D eigenvalue weighted by atomic mass is 79.9. The minimum absolute atomic E-state index is 0.0387. The zero-order valence-electron chi connectivity index (χ0n) is 35.1. The molecule has 2 aliphatic rings. The maximum atomic E-state index is 7.88. The normalized spacial score (nSPS) is 21.4. The Morgan fingerprint density at radius 1 is 0.925 bits per heavy atom. The number of halogens is 1. The lowest BCUT2D eigenvalue weighted by atomic mass is 9.72. The van der Waals surface area contributed by atoms with Gasteiger partial charge in [-0.3, -0.25) is 0 Å². The second-order valence-electron chi connectivity index (χ2n) is 17.0. The van der Waals surface area contributed by atoms with Gasteiger partial charge < -0.3 is 46.6 Å². The van der Waals surface area contributed by atoms with Gasteiger partial charge in [0.2, 0.25) is 26.6 Å². The summed E-state index contributed by atoms with van der Waals surface area (Å²) in [4.78, 5) is 0. The Labute approximate surface area is 329 Å². The highest BCUT2D eigenvalue weighted by molar-refractivity contribution is 9.10. The largest absolute Gasteiger partial charge is 0.541 e. The van der Waals surface area contributed by atoms with E-state index in [0.717, 1.165) is 11.1 Å². The van der Waals surface area contributed by atoms with Crippen molar-refractivity contribution in [3.63, 3.8) is 0 Å². The molecule has 4 atom stereocenters. The summed E-state index contributed by atoms with van der Waals surface area (Å²) >= 11 is 3.86. The van der Waals surface area contributed by atoms with E-state index in [-0.39, 0.29) is 24.5 Å². The Hall–Kier alpha value is -1.94. The van der Waals surface area contributed by atoms with E-state index < -0.39 is 41.6 Å². The summed E-state index contributed by atoms with van der Waals surface area (Å²) in [6.45, 7) is 31.4. The summed E-state index contributed by atoms with van der Waals surface area (Å²) in [6.07, 6.45) is -1.01. The third-order valence-corrected chi connectivity index (χ3v) is 23.0. The molecule has 53 heavy (non-hydrogen) atoms. The van der Waals surface area contributed by atoms with Crippen molar-refractivity contribution in [2.45, 2.75) is 136 Å². The molecule has 1 saturated heterocycles. The number of ether oxygens (including phenoxy) is 6. The number of hydrogen-bond donors (Lipinski definition) is 0. The molecular weight excluding hydrogens is 775 g/mol. The molecule has 1 fully saturated rings. The van der Waals surface area contributed by atoms with Crippen LogP contribution in [0, 0.1) is 5.92 Å². The van der Waals surface area contributed by atoms with Crippen LogP contribution in [0.25, 0.3) is 0 Å². The van der Waals surface area contributed by atoms with E-state index in [1.54, 1.807) is 21.3 Å². The zero-order chi connectivity index (χ0) is 39.8. The summed E-state index contributed by atoms with van der Waals surface area (Å²) in [5.74, 6) is 3.12. The Balaban J connectivity index is 2.01. The molecule has 2 aliphatic heterocycles. The highest BCUT2D eigenvalue weighted by Gasteiger charge is 2.57. The van der Waals surface area contributed by atoms with Gasteiger partial charge in [0.1, 0.15) is 0 Å². The first-order valence-electron chi connectivity index (χ1n) is 18.8. The van der Waals surface area contributed by atoms with Gasteiger partial charge in [-0.1, -0.05) is 69.2 Å². The van der Waals surface area contributed by atoms with Crippen LogP contribution in [0.4, 0.5) is 0 Å². The predicted octanol–water partition coefficient (Wildman–Crippen LogP) is 11.1. The lowest BCUT2D eigenvalue weighted by Gasteiger charge is -2.54. The molecule has 0 radical (unpaired) electrons. The molecule has 0 aromatic heterocycles. The first-order valence-corrected chi connectivity index (χ1v) is 24.6. The standard InChI is InChI=1S/C39H64BBrO10Si2/c1-23(2)53(24(3)4,25(5)6)50-37(27-18-29(43-14)34(44-15)31(19-27)49-52(16,17)38(8,9)10)39(11)26(7)33(48-40(12)51-39)28-20-30-35(47-22-45-30)36(32(28)41)46-21-42-13/h18-20,23-26,33,37H,21-22H2,1-17H3/t26-,33+,37+,39-/m0/s1. The predicted molar refractivity (Wildman–Crippen MR) is 219 cm³/mol. The molecule has 2 aromatic carbocycles. The summed E-state index contributed by atoms with van der Waals surface area (Å²) in [7, 11) is -0.569.